The maximum Gasteiger partial charge on any atom is 0.318 e. The third-order valence-corrected chi connectivity index (χ3v) is 4.89. The van der Waals surface area contributed by atoms with Crippen molar-refractivity contribution in [3.8, 4) is 0 Å². The highest BCUT2D eigenvalue weighted by Gasteiger charge is 2.31. The van der Waals surface area contributed by atoms with Crippen LogP contribution in [0.3, 0.4) is 0 Å². The van der Waals surface area contributed by atoms with E-state index in [0.717, 1.165) is 30.9 Å². The zero-order valence-electron chi connectivity index (χ0n) is 12.3. The minimum Gasteiger partial charge on any atom is -0.464 e. The number of nitrogens with zero attached hydrogens (tertiary/aromatic N) is 1. The molecule has 3 rings (SSSR count). The summed E-state index contributed by atoms with van der Waals surface area (Å²) < 4.78 is 5.58. The van der Waals surface area contributed by atoms with E-state index in [9.17, 15) is 4.79 Å². The second kappa shape index (κ2) is 5.93. The van der Waals surface area contributed by atoms with E-state index in [-0.39, 0.29) is 18.1 Å². The van der Waals surface area contributed by atoms with Gasteiger partial charge in [-0.15, -0.1) is 11.3 Å². The highest BCUT2D eigenvalue weighted by molar-refractivity contribution is 7.10. The first-order valence-electron chi connectivity index (χ1n) is 7.32. The van der Waals surface area contributed by atoms with Crippen molar-refractivity contribution in [2.45, 2.75) is 38.8 Å². The lowest BCUT2D eigenvalue weighted by molar-refractivity contribution is 0.189. The highest BCUT2D eigenvalue weighted by Crippen LogP contribution is 2.34. The number of nitrogens with one attached hydrogen (secondary N) is 1. The lowest BCUT2D eigenvalue weighted by atomic mass is 10.2. The van der Waals surface area contributed by atoms with Gasteiger partial charge in [-0.05, 0) is 50.3 Å². The van der Waals surface area contributed by atoms with Crippen molar-refractivity contribution in [2.75, 3.05) is 6.54 Å². The number of rotatable bonds is 3. The summed E-state index contributed by atoms with van der Waals surface area (Å²) in [6, 6.07) is 8.09. The summed E-state index contributed by atoms with van der Waals surface area (Å²) in [6.45, 7) is 4.68. The van der Waals surface area contributed by atoms with Crippen LogP contribution in [-0.4, -0.2) is 17.5 Å². The average molecular weight is 304 g/mol. The molecule has 1 aliphatic heterocycles. The predicted octanol–water partition coefficient (Wildman–Crippen LogP) is 4.26. The number of urea groups is 1. The number of carbonyl (C=O) groups is 1. The Morgan fingerprint density at radius 2 is 2.33 bits per heavy atom. The maximum atomic E-state index is 12.5. The molecular formula is C16H20N2O2S. The van der Waals surface area contributed by atoms with Gasteiger partial charge in [0.1, 0.15) is 11.5 Å². The van der Waals surface area contributed by atoms with Gasteiger partial charge in [0.15, 0.2) is 0 Å². The minimum absolute atomic E-state index is 0.00699. The molecular weight excluding hydrogens is 284 g/mol. The van der Waals surface area contributed by atoms with Crippen molar-refractivity contribution >= 4 is 17.4 Å². The smallest absolute Gasteiger partial charge is 0.318 e. The second-order valence-electron chi connectivity index (χ2n) is 5.49. The number of furan rings is 1. The normalized spacial score (nSPS) is 19.7. The Kier molecular flexibility index (Phi) is 4.01. The molecule has 0 aromatic carbocycles. The van der Waals surface area contributed by atoms with Crippen LogP contribution in [0, 0.1) is 6.92 Å². The lowest BCUT2D eigenvalue weighted by Gasteiger charge is -2.25. The minimum atomic E-state index is -0.115. The fourth-order valence-corrected chi connectivity index (χ4v) is 3.69. The van der Waals surface area contributed by atoms with Crippen molar-refractivity contribution in [2.24, 2.45) is 0 Å². The van der Waals surface area contributed by atoms with E-state index in [1.807, 2.05) is 36.9 Å². The summed E-state index contributed by atoms with van der Waals surface area (Å²) in [5.41, 5.74) is 0. The van der Waals surface area contributed by atoms with Crippen LogP contribution in [0.25, 0.3) is 0 Å². The van der Waals surface area contributed by atoms with Crippen LogP contribution in [0.2, 0.25) is 0 Å². The van der Waals surface area contributed by atoms with Gasteiger partial charge < -0.3 is 14.6 Å². The topological polar surface area (TPSA) is 45.5 Å². The van der Waals surface area contributed by atoms with E-state index >= 15 is 0 Å². The van der Waals surface area contributed by atoms with Crippen molar-refractivity contribution in [1.82, 2.24) is 10.2 Å². The van der Waals surface area contributed by atoms with Gasteiger partial charge in [-0.3, -0.25) is 0 Å². The summed E-state index contributed by atoms with van der Waals surface area (Å²) in [6.07, 6.45) is 2.10. The summed E-state index contributed by atoms with van der Waals surface area (Å²) in [5.74, 6) is 1.66. The standard InChI is InChI=1S/C16H20N2O2S/c1-11-7-8-14(20-11)12(2)17-16(19)18-9-3-5-13(18)15-6-4-10-21-15/h4,6-8,10,12-13H,3,5,9H2,1-2H3,(H,17,19)/t12-,13-/m0/s1. The van der Waals surface area contributed by atoms with Crippen molar-refractivity contribution in [1.29, 1.82) is 0 Å². The number of carbonyl (C=O) groups excluding carboxylic acids is 1. The average Bonchev–Trinajstić information content (AvgIpc) is 3.19. The Balaban J connectivity index is 1.67. The molecule has 0 bridgehead atoms. The molecule has 0 radical (unpaired) electrons. The molecule has 0 spiro atoms. The van der Waals surface area contributed by atoms with E-state index in [1.54, 1.807) is 11.3 Å². The molecule has 2 amide bonds. The molecule has 3 heterocycles. The summed E-state index contributed by atoms with van der Waals surface area (Å²) in [4.78, 5) is 15.7. The summed E-state index contributed by atoms with van der Waals surface area (Å²) in [5, 5.41) is 5.11. The number of amides is 2. The monoisotopic (exact) mass is 304 g/mol. The van der Waals surface area contributed by atoms with E-state index in [4.69, 9.17) is 4.42 Å². The molecule has 21 heavy (non-hydrogen) atoms. The number of aryl methyl sites for hydroxylation is 1. The molecule has 2 aromatic heterocycles. The first-order chi connectivity index (χ1) is 10.1. The van der Waals surface area contributed by atoms with E-state index in [0.29, 0.717) is 0 Å². The first-order valence-corrected chi connectivity index (χ1v) is 8.20. The molecule has 1 N–H and O–H groups in total. The summed E-state index contributed by atoms with van der Waals surface area (Å²) in [7, 11) is 0. The second-order valence-corrected chi connectivity index (χ2v) is 6.47. The van der Waals surface area contributed by atoms with Gasteiger partial charge in [0, 0.05) is 11.4 Å². The highest BCUT2D eigenvalue weighted by atomic mass is 32.1. The zero-order chi connectivity index (χ0) is 14.8. The number of likely N-dealkylation sites (tertiary alicyclic amines) is 1. The fraction of sp³-hybridized carbons (Fsp3) is 0.438. The zero-order valence-corrected chi connectivity index (χ0v) is 13.2. The molecule has 2 aromatic rings. The van der Waals surface area contributed by atoms with Gasteiger partial charge in [0.25, 0.3) is 0 Å². The Morgan fingerprint density at radius 1 is 1.48 bits per heavy atom. The van der Waals surface area contributed by atoms with Crippen molar-refractivity contribution in [3.63, 3.8) is 0 Å². The Hall–Kier alpha value is -1.75. The quantitative estimate of drug-likeness (QED) is 0.921. The van der Waals surface area contributed by atoms with Crippen LogP contribution in [0.15, 0.2) is 34.1 Å². The molecule has 0 unspecified atom stereocenters. The van der Waals surface area contributed by atoms with Gasteiger partial charge in [-0.1, -0.05) is 6.07 Å². The molecule has 1 saturated heterocycles. The third-order valence-electron chi connectivity index (χ3n) is 3.91. The van der Waals surface area contributed by atoms with Crippen molar-refractivity contribution < 1.29 is 9.21 Å². The maximum absolute atomic E-state index is 12.5. The van der Waals surface area contributed by atoms with Crippen LogP contribution in [0.1, 0.15) is 48.2 Å². The van der Waals surface area contributed by atoms with Crippen LogP contribution >= 0.6 is 11.3 Å². The third kappa shape index (κ3) is 2.97. The Morgan fingerprint density at radius 3 is 3.00 bits per heavy atom. The number of hydrogen-bond acceptors (Lipinski definition) is 3. The van der Waals surface area contributed by atoms with Crippen LogP contribution in [0.4, 0.5) is 4.79 Å². The number of thiophene rings is 1. The lowest BCUT2D eigenvalue weighted by Crippen LogP contribution is -2.40. The molecule has 4 nitrogen and oxygen atoms in total. The first kappa shape index (κ1) is 14.2. The summed E-state index contributed by atoms with van der Waals surface area (Å²) >= 11 is 1.72. The molecule has 0 aliphatic carbocycles. The van der Waals surface area contributed by atoms with Crippen LogP contribution in [-0.2, 0) is 0 Å². The van der Waals surface area contributed by atoms with Crippen LogP contribution < -0.4 is 5.32 Å². The Bertz CT molecular complexity index is 606. The SMILES string of the molecule is Cc1ccc([C@H](C)NC(=O)N2CCC[C@H]2c2cccs2)o1. The molecule has 112 valence electrons. The predicted molar refractivity (Wildman–Crippen MR) is 83.4 cm³/mol. The largest absolute Gasteiger partial charge is 0.464 e. The van der Waals surface area contributed by atoms with Gasteiger partial charge in [0.05, 0.1) is 12.1 Å². The van der Waals surface area contributed by atoms with Crippen molar-refractivity contribution in [3.05, 3.63) is 46.0 Å². The van der Waals surface area contributed by atoms with Crippen LogP contribution in [0.5, 0.6) is 0 Å². The van der Waals surface area contributed by atoms with E-state index in [2.05, 4.69) is 16.8 Å². The molecule has 1 fully saturated rings. The van der Waals surface area contributed by atoms with E-state index in [1.165, 1.54) is 4.88 Å². The van der Waals surface area contributed by atoms with E-state index < -0.39 is 0 Å². The fourth-order valence-electron chi connectivity index (χ4n) is 2.81. The van der Waals surface area contributed by atoms with Gasteiger partial charge in [0.2, 0.25) is 0 Å². The van der Waals surface area contributed by atoms with Gasteiger partial charge in [-0.2, -0.15) is 0 Å². The number of hydrogen-bond donors (Lipinski definition) is 1. The van der Waals surface area contributed by atoms with Gasteiger partial charge in [-0.25, -0.2) is 4.79 Å². The molecule has 0 saturated carbocycles. The Labute approximate surface area is 128 Å². The molecule has 2 atom stereocenters. The molecule has 5 heteroatoms. The van der Waals surface area contributed by atoms with Gasteiger partial charge >= 0.3 is 6.03 Å². The molecule has 1 aliphatic rings.